The predicted octanol–water partition coefficient (Wildman–Crippen LogP) is 2.23. The molecule has 0 amide bonds. The Bertz CT molecular complexity index is 331. The van der Waals surface area contributed by atoms with Crippen molar-refractivity contribution in [3.05, 3.63) is 35.4 Å². The zero-order valence-corrected chi connectivity index (χ0v) is 9.01. The van der Waals surface area contributed by atoms with Gasteiger partial charge in [-0.1, -0.05) is 0 Å². The minimum atomic E-state index is -0.533. The Hall–Kier alpha value is -1.00. The summed E-state index contributed by atoms with van der Waals surface area (Å²) >= 11 is 0. The van der Waals surface area contributed by atoms with Crippen LogP contribution in [-0.2, 0) is 11.3 Å². The van der Waals surface area contributed by atoms with Crippen molar-refractivity contribution in [1.82, 2.24) is 5.32 Å². The molecule has 1 heterocycles. The van der Waals surface area contributed by atoms with E-state index < -0.39 is 11.6 Å². The van der Waals surface area contributed by atoms with Crippen molar-refractivity contribution in [3.8, 4) is 0 Å². The second-order valence-electron chi connectivity index (χ2n) is 4.04. The molecule has 1 aliphatic heterocycles. The highest BCUT2D eigenvalue weighted by atomic mass is 19.1. The van der Waals surface area contributed by atoms with E-state index in [0.29, 0.717) is 12.1 Å². The van der Waals surface area contributed by atoms with Gasteiger partial charge in [0.05, 0.1) is 6.10 Å². The van der Waals surface area contributed by atoms with E-state index in [1.807, 2.05) is 0 Å². The molecular formula is C12H15F2NO. The van der Waals surface area contributed by atoms with Crippen LogP contribution in [0.5, 0.6) is 0 Å². The summed E-state index contributed by atoms with van der Waals surface area (Å²) in [6, 6.07) is 3.56. The van der Waals surface area contributed by atoms with Crippen LogP contribution in [0.4, 0.5) is 8.78 Å². The first-order valence-corrected chi connectivity index (χ1v) is 5.51. The highest BCUT2D eigenvalue weighted by Crippen LogP contribution is 2.11. The molecule has 1 aromatic rings. The quantitative estimate of drug-likeness (QED) is 0.851. The Morgan fingerprint density at radius 1 is 1.25 bits per heavy atom. The summed E-state index contributed by atoms with van der Waals surface area (Å²) < 4.78 is 31.2. The zero-order valence-electron chi connectivity index (χ0n) is 9.01. The van der Waals surface area contributed by atoms with Crippen LogP contribution < -0.4 is 5.32 Å². The Morgan fingerprint density at radius 2 is 2.00 bits per heavy atom. The van der Waals surface area contributed by atoms with Gasteiger partial charge >= 0.3 is 0 Å². The second-order valence-corrected chi connectivity index (χ2v) is 4.04. The summed E-state index contributed by atoms with van der Waals surface area (Å²) in [6.07, 6.45) is 2.41. The van der Waals surface area contributed by atoms with Crippen molar-refractivity contribution in [1.29, 1.82) is 0 Å². The lowest BCUT2D eigenvalue weighted by molar-refractivity contribution is 0.110. The van der Waals surface area contributed by atoms with Crippen molar-refractivity contribution >= 4 is 0 Å². The van der Waals surface area contributed by atoms with Gasteiger partial charge in [0, 0.05) is 25.8 Å². The third kappa shape index (κ3) is 3.25. The minimum absolute atomic E-state index is 0.249. The summed E-state index contributed by atoms with van der Waals surface area (Å²) in [7, 11) is 0. The lowest BCUT2D eigenvalue weighted by atomic mass is 10.2. The SMILES string of the molecule is Fc1cc(F)cc(CNCC2CCCO2)c1. The normalized spacial score (nSPS) is 20.2. The summed E-state index contributed by atoms with van der Waals surface area (Å²) in [4.78, 5) is 0. The molecule has 2 rings (SSSR count). The Balaban J connectivity index is 1.80. The van der Waals surface area contributed by atoms with E-state index in [1.165, 1.54) is 12.1 Å². The van der Waals surface area contributed by atoms with E-state index in [1.54, 1.807) is 0 Å². The highest BCUT2D eigenvalue weighted by Gasteiger charge is 2.14. The third-order valence-electron chi connectivity index (χ3n) is 2.65. The number of nitrogens with one attached hydrogen (secondary N) is 1. The molecule has 16 heavy (non-hydrogen) atoms. The average Bonchev–Trinajstić information content (AvgIpc) is 2.69. The molecule has 4 heteroatoms. The molecule has 1 atom stereocenters. The number of hydrogen-bond acceptors (Lipinski definition) is 2. The Morgan fingerprint density at radius 3 is 2.62 bits per heavy atom. The van der Waals surface area contributed by atoms with Gasteiger partial charge in [-0.25, -0.2) is 8.78 Å². The third-order valence-corrected chi connectivity index (χ3v) is 2.65. The Kier molecular flexibility index (Phi) is 3.85. The number of hydrogen-bond donors (Lipinski definition) is 1. The molecule has 0 spiro atoms. The van der Waals surface area contributed by atoms with Gasteiger partial charge in [0.15, 0.2) is 0 Å². The van der Waals surface area contributed by atoms with Crippen LogP contribution in [0, 0.1) is 11.6 Å². The molecule has 0 bridgehead atoms. The van der Waals surface area contributed by atoms with Crippen molar-refractivity contribution in [3.63, 3.8) is 0 Å². The van der Waals surface area contributed by atoms with Gasteiger partial charge in [-0.2, -0.15) is 0 Å². The van der Waals surface area contributed by atoms with Crippen LogP contribution in [0.1, 0.15) is 18.4 Å². The molecule has 1 unspecified atom stereocenters. The molecule has 0 aromatic heterocycles. The van der Waals surface area contributed by atoms with Crippen molar-refractivity contribution in [2.75, 3.05) is 13.2 Å². The maximum atomic E-state index is 12.9. The lowest BCUT2D eigenvalue weighted by Crippen LogP contribution is -2.25. The lowest BCUT2D eigenvalue weighted by Gasteiger charge is -2.10. The molecule has 0 saturated carbocycles. The van der Waals surface area contributed by atoms with Crippen LogP contribution in [-0.4, -0.2) is 19.3 Å². The van der Waals surface area contributed by atoms with Gasteiger partial charge in [-0.15, -0.1) is 0 Å². The summed E-state index contributed by atoms with van der Waals surface area (Å²) in [5, 5.41) is 3.14. The smallest absolute Gasteiger partial charge is 0.126 e. The molecule has 0 aliphatic carbocycles. The zero-order chi connectivity index (χ0) is 11.4. The Labute approximate surface area is 93.6 Å². The van der Waals surface area contributed by atoms with E-state index >= 15 is 0 Å². The second kappa shape index (κ2) is 5.37. The fraction of sp³-hybridized carbons (Fsp3) is 0.500. The largest absolute Gasteiger partial charge is 0.377 e. The average molecular weight is 227 g/mol. The molecular weight excluding hydrogens is 212 g/mol. The maximum absolute atomic E-state index is 12.9. The van der Waals surface area contributed by atoms with Crippen LogP contribution in [0.2, 0.25) is 0 Å². The maximum Gasteiger partial charge on any atom is 0.126 e. The topological polar surface area (TPSA) is 21.3 Å². The van der Waals surface area contributed by atoms with Gasteiger partial charge in [0.25, 0.3) is 0 Å². The van der Waals surface area contributed by atoms with Crippen LogP contribution >= 0.6 is 0 Å². The van der Waals surface area contributed by atoms with Crippen LogP contribution in [0.25, 0.3) is 0 Å². The van der Waals surface area contributed by atoms with Crippen molar-refractivity contribution in [2.45, 2.75) is 25.5 Å². The molecule has 1 aliphatic rings. The van der Waals surface area contributed by atoms with E-state index in [4.69, 9.17) is 4.74 Å². The standard InChI is InChI=1S/C12H15F2NO/c13-10-4-9(5-11(14)6-10)7-15-8-12-2-1-3-16-12/h4-6,12,15H,1-3,7-8H2. The molecule has 88 valence electrons. The number of benzene rings is 1. The van der Waals surface area contributed by atoms with Crippen LogP contribution in [0.3, 0.4) is 0 Å². The molecule has 0 radical (unpaired) electrons. The van der Waals surface area contributed by atoms with Crippen molar-refractivity contribution in [2.24, 2.45) is 0 Å². The first-order chi connectivity index (χ1) is 7.74. The first-order valence-electron chi connectivity index (χ1n) is 5.51. The van der Waals surface area contributed by atoms with E-state index in [2.05, 4.69) is 5.32 Å². The summed E-state index contributed by atoms with van der Waals surface area (Å²) in [5.74, 6) is -1.07. The molecule has 1 N–H and O–H groups in total. The minimum Gasteiger partial charge on any atom is -0.377 e. The fourth-order valence-corrected chi connectivity index (χ4v) is 1.90. The highest BCUT2D eigenvalue weighted by molar-refractivity contribution is 5.17. The monoisotopic (exact) mass is 227 g/mol. The van der Waals surface area contributed by atoms with Gasteiger partial charge in [-0.05, 0) is 30.5 Å². The molecule has 2 nitrogen and oxygen atoms in total. The van der Waals surface area contributed by atoms with Crippen molar-refractivity contribution < 1.29 is 13.5 Å². The van der Waals surface area contributed by atoms with E-state index in [-0.39, 0.29) is 6.10 Å². The number of halogens is 2. The number of rotatable bonds is 4. The molecule has 1 aromatic carbocycles. The number of ether oxygens (including phenoxy) is 1. The first kappa shape index (κ1) is 11.5. The molecule has 1 fully saturated rings. The predicted molar refractivity (Wildman–Crippen MR) is 57.0 cm³/mol. The van der Waals surface area contributed by atoms with E-state index in [0.717, 1.165) is 32.1 Å². The van der Waals surface area contributed by atoms with Crippen LogP contribution in [0.15, 0.2) is 18.2 Å². The van der Waals surface area contributed by atoms with Gasteiger partial charge in [0.1, 0.15) is 11.6 Å². The molecule has 1 saturated heterocycles. The van der Waals surface area contributed by atoms with Gasteiger partial charge in [-0.3, -0.25) is 0 Å². The summed E-state index contributed by atoms with van der Waals surface area (Å²) in [5.41, 5.74) is 0.621. The van der Waals surface area contributed by atoms with Gasteiger partial charge < -0.3 is 10.1 Å². The fourth-order valence-electron chi connectivity index (χ4n) is 1.90. The summed E-state index contributed by atoms with van der Waals surface area (Å²) in [6.45, 7) is 2.02. The van der Waals surface area contributed by atoms with Gasteiger partial charge in [0.2, 0.25) is 0 Å². The van der Waals surface area contributed by atoms with E-state index in [9.17, 15) is 8.78 Å².